The molecule has 7 nitrogen and oxygen atoms in total. The molecule has 232 valence electrons. The van der Waals surface area contributed by atoms with Gasteiger partial charge in [0.15, 0.2) is 4.80 Å². The first kappa shape index (κ1) is 32.1. The number of hydrogen-bond donors (Lipinski definition) is 1. The van der Waals surface area contributed by atoms with E-state index in [0.29, 0.717) is 48.9 Å². The number of amides is 1. The lowest BCUT2D eigenvalue weighted by molar-refractivity contribution is -0.113. The molecule has 1 N–H and O–H groups in total. The van der Waals surface area contributed by atoms with Crippen molar-refractivity contribution in [3.63, 3.8) is 0 Å². The summed E-state index contributed by atoms with van der Waals surface area (Å²) in [6, 6.07) is 26.1. The minimum absolute atomic E-state index is 0.0297. The highest BCUT2D eigenvalue weighted by atomic mass is 127. The fourth-order valence-corrected chi connectivity index (χ4v) is 8.26. The molecule has 11 heteroatoms. The number of aromatic nitrogens is 1. The summed E-state index contributed by atoms with van der Waals surface area (Å²) in [6.45, 7) is 1.81. The van der Waals surface area contributed by atoms with Crippen LogP contribution in [0, 0.1) is 13.0 Å². The molecule has 1 aromatic heterocycles. The number of nitrogens with one attached hydrogen (secondary N) is 1. The number of ether oxygens (including phenoxy) is 2. The van der Waals surface area contributed by atoms with Crippen molar-refractivity contribution in [2.45, 2.75) is 19.6 Å². The highest BCUT2D eigenvalue weighted by Gasteiger charge is 2.32. The van der Waals surface area contributed by atoms with Crippen molar-refractivity contribution in [2.24, 2.45) is 4.99 Å². The summed E-state index contributed by atoms with van der Waals surface area (Å²) in [5, 5.41) is 2.97. The van der Waals surface area contributed by atoms with Gasteiger partial charge in [-0.25, -0.2) is 9.38 Å². The minimum Gasteiger partial charge on any atom is -0.497 e. The number of halogens is 3. The van der Waals surface area contributed by atoms with E-state index in [1.807, 2.05) is 42.5 Å². The molecule has 1 amide bonds. The van der Waals surface area contributed by atoms with Gasteiger partial charge in [0.25, 0.3) is 11.5 Å². The Morgan fingerprint density at radius 1 is 1.04 bits per heavy atom. The fourth-order valence-electron chi connectivity index (χ4n) is 5.18. The van der Waals surface area contributed by atoms with Gasteiger partial charge in [0, 0.05) is 20.4 Å². The lowest BCUT2D eigenvalue weighted by atomic mass is 9.95. The largest absolute Gasteiger partial charge is 0.497 e. The molecule has 1 aliphatic heterocycles. The third-order valence-electron chi connectivity index (χ3n) is 7.38. The first-order valence-corrected chi connectivity index (χ1v) is 17.1. The van der Waals surface area contributed by atoms with Crippen LogP contribution >= 0.6 is 56.5 Å². The number of rotatable bonds is 8. The van der Waals surface area contributed by atoms with Crippen LogP contribution in [0.4, 0.5) is 10.1 Å². The zero-order valence-electron chi connectivity index (χ0n) is 24.6. The monoisotopic (exact) mass is 857 g/mol. The molecule has 1 atom stereocenters. The molecule has 0 aliphatic carbocycles. The van der Waals surface area contributed by atoms with E-state index < -0.39 is 6.04 Å². The molecule has 1 aliphatic rings. The quantitative estimate of drug-likeness (QED) is 0.174. The smallest absolute Gasteiger partial charge is 0.271 e. The number of anilines is 1. The lowest BCUT2D eigenvalue weighted by Gasteiger charge is -2.25. The molecule has 2 heterocycles. The number of nitrogens with zero attached hydrogens (tertiary/aromatic N) is 2. The molecule has 0 saturated heterocycles. The van der Waals surface area contributed by atoms with E-state index in [0.717, 1.165) is 12.7 Å². The number of thiazole rings is 1. The molecular formula is C35H26FI2N3O4S. The number of allylic oxidation sites excluding steroid dienone is 1. The lowest BCUT2D eigenvalue weighted by Crippen LogP contribution is -2.40. The van der Waals surface area contributed by atoms with Gasteiger partial charge < -0.3 is 14.8 Å². The summed E-state index contributed by atoms with van der Waals surface area (Å²) in [5.74, 6) is 0.502. The average molecular weight is 857 g/mol. The van der Waals surface area contributed by atoms with Crippen LogP contribution < -0.4 is 29.7 Å². The van der Waals surface area contributed by atoms with E-state index in [1.165, 1.54) is 17.4 Å². The molecule has 0 fully saturated rings. The third kappa shape index (κ3) is 6.67. The summed E-state index contributed by atoms with van der Waals surface area (Å²) in [4.78, 5) is 33.3. The van der Waals surface area contributed by atoms with Crippen LogP contribution in [-0.2, 0) is 11.4 Å². The number of carbonyl (C=O) groups excluding carboxylic acids is 1. The van der Waals surface area contributed by atoms with Crippen LogP contribution in [0.1, 0.15) is 29.7 Å². The highest BCUT2D eigenvalue weighted by molar-refractivity contribution is 14.1. The molecule has 0 unspecified atom stereocenters. The summed E-state index contributed by atoms with van der Waals surface area (Å²) in [7, 11) is 1.58. The normalized spacial score (nSPS) is 14.5. The van der Waals surface area contributed by atoms with E-state index in [1.54, 1.807) is 67.1 Å². The number of carbonyl (C=O) groups is 1. The Morgan fingerprint density at radius 2 is 1.76 bits per heavy atom. The maximum absolute atomic E-state index is 14.4. The van der Waals surface area contributed by atoms with Crippen LogP contribution in [0.3, 0.4) is 0 Å². The van der Waals surface area contributed by atoms with Crippen LogP contribution in [0.15, 0.2) is 112 Å². The van der Waals surface area contributed by atoms with Crippen molar-refractivity contribution >= 4 is 74.2 Å². The van der Waals surface area contributed by atoms with Crippen LogP contribution in [0.5, 0.6) is 11.5 Å². The fraction of sp³-hybridized carbons (Fsp3) is 0.114. The van der Waals surface area contributed by atoms with Crippen LogP contribution in [-0.4, -0.2) is 17.6 Å². The Morgan fingerprint density at radius 3 is 2.48 bits per heavy atom. The molecule has 6 rings (SSSR count). The first-order valence-electron chi connectivity index (χ1n) is 14.1. The van der Waals surface area contributed by atoms with Crippen molar-refractivity contribution in [1.82, 2.24) is 4.57 Å². The summed E-state index contributed by atoms with van der Waals surface area (Å²) in [5.41, 5.74) is 3.06. The van der Waals surface area contributed by atoms with Gasteiger partial charge in [-0.3, -0.25) is 14.2 Å². The van der Waals surface area contributed by atoms with Gasteiger partial charge in [0.1, 0.15) is 23.9 Å². The molecule has 0 spiro atoms. The molecular weight excluding hydrogens is 831 g/mol. The van der Waals surface area contributed by atoms with E-state index in [-0.39, 0.29) is 23.9 Å². The van der Waals surface area contributed by atoms with Gasteiger partial charge in [-0.15, -0.1) is 0 Å². The van der Waals surface area contributed by atoms with E-state index in [4.69, 9.17) is 14.5 Å². The molecule has 0 bridgehead atoms. The number of hydrogen-bond acceptors (Lipinski definition) is 6. The zero-order chi connectivity index (χ0) is 32.4. The van der Waals surface area contributed by atoms with Crippen molar-refractivity contribution in [1.29, 1.82) is 0 Å². The number of fused-ring (bicyclic) bond motifs is 1. The van der Waals surface area contributed by atoms with Gasteiger partial charge >= 0.3 is 0 Å². The second kappa shape index (κ2) is 13.9. The Bertz CT molecular complexity index is 2160. The SMILES string of the molecule is COc1ccc([C@@H]2C(C(=O)Nc3ccccc3)=C(C)N=c3s/c(=C/c4cc(I)cc(I)c4OCc4ccccc4F)c(=O)n32)cc1. The van der Waals surface area contributed by atoms with Gasteiger partial charge in [-0.1, -0.05) is 59.9 Å². The van der Waals surface area contributed by atoms with Crippen molar-refractivity contribution in [3.05, 3.63) is 152 Å². The maximum Gasteiger partial charge on any atom is 0.271 e. The Balaban J connectivity index is 1.47. The molecule has 0 saturated carbocycles. The number of benzene rings is 4. The number of para-hydroxylation sites is 1. The summed E-state index contributed by atoms with van der Waals surface area (Å²) >= 11 is 5.64. The van der Waals surface area contributed by atoms with Gasteiger partial charge in [-0.05, 0) is 106 Å². The zero-order valence-corrected chi connectivity index (χ0v) is 29.7. The first-order chi connectivity index (χ1) is 22.2. The second-order valence-corrected chi connectivity index (χ2v) is 13.8. The standard InChI is InChI=1S/C35H26FI2N3O4S/c1-20-30(33(42)40-25-9-4-3-5-10-25)31(21-12-14-26(44-2)15-13-21)41-34(43)29(46-35(41)39-20)17-23-16-24(37)18-28(38)32(23)45-19-22-8-6-7-11-27(22)36/h3-18,31H,19H2,1-2H3,(H,40,42)/b29-17+/t31-/m1/s1. The van der Waals surface area contributed by atoms with Crippen molar-refractivity contribution in [2.75, 3.05) is 12.4 Å². The van der Waals surface area contributed by atoms with Crippen LogP contribution in [0.25, 0.3) is 6.08 Å². The average Bonchev–Trinajstić information content (AvgIpc) is 3.34. The molecule has 5 aromatic rings. The highest BCUT2D eigenvalue weighted by Crippen LogP contribution is 2.33. The minimum atomic E-state index is -0.735. The van der Waals surface area contributed by atoms with Gasteiger partial charge in [-0.2, -0.15) is 0 Å². The van der Waals surface area contributed by atoms with Gasteiger partial charge in [0.05, 0.1) is 32.5 Å². The van der Waals surface area contributed by atoms with Gasteiger partial charge in [0.2, 0.25) is 0 Å². The Kier molecular flexibility index (Phi) is 9.70. The Hall–Kier alpha value is -3.82. The topological polar surface area (TPSA) is 81.9 Å². The summed E-state index contributed by atoms with van der Waals surface area (Å²) in [6.07, 6.45) is 1.78. The van der Waals surface area contributed by atoms with E-state index >= 15 is 0 Å². The van der Waals surface area contributed by atoms with E-state index in [2.05, 4.69) is 50.5 Å². The third-order valence-corrected chi connectivity index (χ3v) is 9.79. The maximum atomic E-state index is 14.4. The Labute approximate surface area is 295 Å². The van der Waals surface area contributed by atoms with Crippen molar-refractivity contribution < 1.29 is 18.7 Å². The summed E-state index contributed by atoms with van der Waals surface area (Å²) < 4.78 is 29.7. The van der Waals surface area contributed by atoms with Crippen LogP contribution in [0.2, 0.25) is 0 Å². The predicted octanol–water partition coefficient (Wildman–Crippen LogP) is 6.81. The molecule has 46 heavy (non-hydrogen) atoms. The molecule has 0 radical (unpaired) electrons. The molecule has 4 aromatic carbocycles. The van der Waals surface area contributed by atoms with E-state index in [9.17, 15) is 14.0 Å². The van der Waals surface area contributed by atoms with Crippen molar-refractivity contribution in [3.8, 4) is 11.5 Å². The predicted molar refractivity (Wildman–Crippen MR) is 194 cm³/mol. The second-order valence-electron chi connectivity index (χ2n) is 10.4. The number of methoxy groups -OCH3 is 1.